The number of likely N-dealkylation sites (tertiary alicyclic amines) is 1. The van der Waals surface area contributed by atoms with Crippen molar-refractivity contribution in [2.24, 2.45) is 0 Å². The van der Waals surface area contributed by atoms with E-state index in [1.807, 2.05) is 0 Å². The molecule has 4 aliphatic rings. The van der Waals surface area contributed by atoms with Gasteiger partial charge in [0.05, 0.1) is 11.2 Å². The van der Waals surface area contributed by atoms with Gasteiger partial charge in [-0.15, -0.1) is 0 Å². The number of rotatable bonds is 3. The molecule has 1 spiro atoms. The van der Waals surface area contributed by atoms with Crippen molar-refractivity contribution in [2.45, 2.75) is 87.9 Å². The fourth-order valence-electron chi connectivity index (χ4n) is 5.76. The summed E-state index contributed by atoms with van der Waals surface area (Å²) in [7, 11) is 0. The zero-order valence-corrected chi connectivity index (χ0v) is 17.2. The van der Waals surface area contributed by atoms with Crippen molar-refractivity contribution in [1.82, 2.24) is 4.90 Å². The van der Waals surface area contributed by atoms with Crippen molar-refractivity contribution in [3.63, 3.8) is 0 Å². The predicted octanol–water partition coefficient (Wildman–Crippen LogP) is 5.03. The van der Waals surface area contributed by atoms with Crippen molar-refractivity contribution < 1.29 is 9.84 Å². The van der Waals surface area contributed by atoms with Crippen LogP contribution in [0.3, 0.4) is 0 Å². The number of hydrogen-bond donors (Lipinski definition) is 1. The zero-order chi connectivity index (χ0) is 19.0. The summed E-state index contributed by atoms with van der Waals surface area (Å²) in [6, 6.07) is 9.60. The second-order valence-electron chi connectivity index (χ2n) is 9.71. The van der Waals surface area contributed by atoms with Crippen LogP contribution in [0.2, 0.25) is 0 Å². The molecule has 0 radical (unpaired) electrons. The maximum Gasteiger partial charge on any atom is 0.0898 e. The lowest BCUT2D eigenvalue weighted by Gasteiger charge is -2.41. The van der Waals surface area contributed by atoms with Crippen molar-refractivity contribution in [3.8, 4) is 0 Å². The molecule has 28 heavy (non-hydrogen) atoms. The highest BCUT2D eigenvalue weighted by atomic mass is 16.5. The van der Waals surface area contributed by atoms with E-state index in [2.05, 4.69) is 35.2 Å². The Balaban J connectivity index is 1.20. The van der Waals surface area contributed by atoms with Gasteiger partial charge >= 0.3 is 0 Å². The van der Waals surface area contributed by atoms with Gasteiger partial charge in [0.15, 0.2) is 0 Å². The second-order valence-corrected chi connectivity index (χ2v) is 9.71. The van der Waals surface area contributed by atoms with Crippen molar-refractivity contribution in [3.05, 3.63) is 41.0 Å². The Labute approximate surface area is 169 Å². The molecule has 1 N–H and O–H groups in total. The zero-order valence-electron chi connectivity index (χ0n) is 17.2. The Bertz CT molecular complexity index is 693. The van der Waals surface area contributed by atoms with Gasteiger partial charge in [-0.3, -0.25) is 4.90 Å². The Morgan fingerprint density at radius 1 is 0.929 bits per heavy atom. The predicted molar refractivity (Wildman–Crippen MR) is 113 cm³/mol. The molecule has 2 saturated heterocycles. The van der Waals surface area contributed by atoms with Crippen molar-refractivity contribution in [2.75, 3.05) is 19.7 Å². The molecule has 4 fully saturated rings. The summed E-state index contributed by atoms with van der Waals surface area (Å²) in [5.41, 5.74) is 3.36. The van der Waals surface area contributed by atoms with Gasteiger partial charge in [0.25, 0.3) is 0 Å². The van der Waals surface area contributed by atoms with Crippen LogP contribution in [0.15, 0.2) is 29.8 Å². The first-order valence-corrected chi connectivity index (χ1v) is 11.5. The van der Waals surface area contributed by atoms with Gasteiger partial charge in [-0.05, 0) is 75.3 Å². The van der Waals surface area contributed by atoms with Crippen LogP contribution in [0.25, 0.3) is 6.08 Å². The first kappa shape index (κ1) is 18.8. The van der Waals surface area contributed by atoms with Gasteiger partial charge in [0, 0.05) is 25.7 Å². The molecule has 3 heteroatoms. The molecule has 2 heterocycles. The summed E-state index contributed by atoms with van der Waals surface area (Å²) in [6.45, 7) is 3.37. The number of ether oxygens (including phenoxy) is 1. The molecule has 2 aliphatic carbocycles. The topological polar surface area (TPSA) is 32.7 Å². The van der Waals surface area contributed by atoms with Gasteiger partial charge < -0.3 is 9.84 Å². The van der Waals surface area contributed by atoms with Gasteiger partial charge in [-0.25, -0.2) is 0 Å². The Morgan fingerprint density at radius 2 is 1.64 bits per heavy atom. The van der Waals surface area contributed by atoms with E-state index in [4.69, 9.17) is 4.74 Å². The smallest absolute Gasteiger partial charge is 0.0898 e. The van der Waals surface area contributed by atoms with Crippen LogP contribution >= 0.6 is 0 Å². The van der Waals surface area contributed by atoms with E-state index in [1.54, 1.807) is 5.57 Å². The average molecular weight is 382 g/mol. The molecule has 5 rings (SSSR count). The molecular formula is C25H35NO2. The minimum absolute atomic E-state index is 0.0743. The molecule has 1 aromatic rings. The molecule has 2 aliphatic heterocycles. The quantitative estimate of drug-likeness (QED) is 0.797. The van der Waals surface area contributed by atoms with Gasteiger partial charge in [-0.1, -0.05) is 42.3 Å². The van der Waals surface area contributed by atoms with Gasteiger partial charge in [0.2, 0.25) is 0 Å². The molecular weight excluding hydrogens is 346 g/mol. The number of hydrogen-bond acceptors (Lipinski definition) is 3. The maximum absolute atomic E-state index is 11.2. The summed E-state index contributed by atoms with van der Waals surface area (Å²) in [4.78, 5) is 2.70. The fraction of sp³-hybridized carbons (Fsp3) is 0.680. The molecule has 0 bridgehead atoms. The van der Waals surface area contributed by atoms with Crippen LogP contribution in [0.5, 0.6) is 0 Å². The summed E-state index contributed by atoms with van der Waals surface area (Å²) < 4.78 is 6.03. The van der Waals surface area contributed by atoms with E-state index < -0.39 is 5.60 Å². The molecule has 152 valence electrons. The van der Waals surface area contributed by atoms with E-state index in [0.717, 1.165) is 43.9 Å². The van der Waals surface area contributed by atoms with Crippen molar-refractivity contribution in [1.29, 1.82) is 0 Å². The lowest BCUT2D eigenvalue weighted by atomic mass is 9.72. The highest BCUT2D eigenvalue weighted by Gasteiger charge is 2.44. The summed E-state index contributed by atoms with van der Waals surface area (Å²) in [5, 5.41) is 11.2. The summed E-state index contributed by atoms with van der Waals surface area (Å²) in [5.74, 6) is 0. The van der Waals surface area contributed by atoms with Crippen LogP contribution in [0, 0.1) is 0 Å². The Hall–Kier alpha value is -1.16. The standard InChI is InChI=1S/C25H35NO2/c27-25(14-12-24(13-15-25)11-2-18-28-24)22-7-5-20(6-8-22)19-21-9-16-26(17-10-21)23-3-1-4-23/h5-8,19,23,27H,1-4,9-18H2. The van der Waals surface area contributed by atoms with Gasteiger partial charge in [0.1, 0.15) is 0 Å². The number of nitrogens with zero attached hydrogens (tertiary/aromatic N) is 1. The monoisotopic (exact) mass is 381 g/mol. The lowest BCUT2D eigenvalue weighted by Crippen LogP contribution is -2.43. The highest BCUT2D eigenvalue weighted by molar-refractivity contribution is 5.54. The molecule has 0 aromatic heterocycles. The largest absolute Gasteiger partial charge is 0.385 e. The molecule has 2 saturated carbocycles. The van der Waals surface area contributed by atoms with E-state index >= 15 is 0 Å². The van der Waals surface area contributed by atoms with E-state index in [1.165, 1.54) is 63.6 Å². The van der Waals surface area contributed by atoms with E-state index in [-0.39, 0.29) is 5.60 Å². The summed E-state index contributed by atoms with van der Waals surface area (Å²) >= 11 is 0. The SMILES string of the molecule is OC1(c2ccc(C=C3CCN(C4CCC4)CC3)cc2)CCC2(CCCO2)CC1. The minimum Gasteiger partial charge on any atom is -0.385 e. The van der Waals surface area contributed by atoms with Crippen LogP contribution in [-0.4, -0.2) is 41.3 Å². The number of piperidine rings is 1. The Kier molecular flexibility index (Phi) is 5.11. The first-order chi connectivity index (χ1) is 13.6. The highest BCUT2D eigenvalue weighted by Crippen LogP contribution is 2.46. The van der Waals surface area contributed by atoms with Crippen molar-refractivity contribution >= 4 is 6.08 Å². The number of aliphatic hydroxyl groups is 1. The van der Waals surface area contributed by atoms with Crippen LogP contribution < -0.4 is 0 Å². The van der Waals surface area contributed by atoms with E-state index in [9.17, 15) is 5.11 Å². The Morgan fingerprint density at radius 3 is 2.21 bits per heavy atom. The van der Waals surface area contributed by atoms with Crippen LogP contribution in [0.1, 0.15) is 81.8 Å². The molecule has 0 unspecified atom stereocenters. The van der Waals surface area contributed by atoms with Crippen LogP contribution in [-0.2, 0) is 10.3 Å². The molecule has 3 nitrogen and oxygen atoms in total. The average Bonchev–Trinajstić information content (AvgIpc) is 3.14. The molecule has 1 aromatic carbocycles. The third kappa shape index (κ3) is 3.69. The molecule has 0 amide bonds. The third-order valence-electron chi connectivity index (χ3n) is 8.02. The normalized spacial score (nSPS) is 34.5. The van der Waals surface area contributed by atoms with E-state index in [0.29, 0.717) is 0 Å². The van der Waals surface area contributed by atoms with Crippen LogP contribution in [0.4, 0.5) is 0 Å². The van der Waals surface area contributed by atoms with Gasteiger partial charge in [-0.2, -0.15) is 0 Å². The fourth-order valence-corrected chi connectivity index (χ4v) is 5.76. The third-order valence-corrected chi connectivity index (χ3v) is 8.02. The lowest BCUT2D eigenvalue weighted by molar-refractivity contribution is -0.0941. The minimum atomic E-state index is -0.670. The first-order valence-electron chi connectivity index (χ1n) is 11.5. The maximum atomic E-state index is 11.2. The number of benzene rings is 1. The molecule has 0 atom stereocenters. The summed E-state index contributed by atoms with van der Waals surface area (Å²) in [6.07, 6.45) is 15.1. The second kappa shape index (κ2) is 7.59.